The Labute approximate surface area is 127 Å². The zero-order valence-electron chi connectivity index (χ0n) is 13.3. The molecule has 1 aromatic rings. The van der Waals surface area contributed by atoms with Crippen LogP contribution in [0.1, 0.15) is 51.0 Å². The molecule has 2 rings (SSSR count). The summed E-state index contributed by atoms with van der Waals surface area (Å²) in [7, 11) is 2.04. The van der Waals surface area contributed by atoms with Crippen LogP contribution in [0.3, 0.4) is 0 Å². The zero-order valence-corrected chi connectivity index (χ0v) is 13.3. The normalized spacial score (nSPS) is 17.9. The number of aromatic amines is 1. The summed E-state index contributed by atoms with van der Waals surface area (Å²) in [6.45, 7) is 2.95. The number of amides is 1. The standard InChI is InChI=1S/C16H28N4O/c1-3-15(16(21)19-14-7-5-4-6-8-14)20(2)10-9-13-11-17-18-12-13/h11-12,14-15H,3-10H2,1-2H3,(H,17,18)(H,19,21)/t15-/m1/s1. The molecule has 118 valence electrons. The Bertz CT molecular complexity index is 412. The minimum absolute atomic E-state index is 0.0289. The molecule has 1 fully saturated rings. The first-order valence-electron chi connectivity index (χ1n) is 8.19. The molecule has 1 saturated carbocycles. The largest absolute Gasteiger partial charge is 0.352 e. The van der Waals surface area contributed by atoms with Crippen LogP contribution in [-0.4, -0.2) is 46.7 Å². The van der Waals surface area contributed by atoms with Crippen LogP contribution in [0.4, 0.5) is 0 Å². The lowest BCUT2D eigenvalue weighted by Gasteiger charge is -2.29. The van der Waals surface area contributed by atoms with Gasteiger partial charge < -0.3 is 5.32 Å². The average molecular weight is 292 g/mol. The number of rotatable bonds is 7. The summed E-state index contributed by atoms with van der Waals surface area (Å²) in [5, 5.41) is 10.0. The Balaban J connectivity index is 1.80. The third-order valence-corrected chi connectivity index (χ3v) is 4.48. The molecule has 1 amide bonds. The number of nitrogens with zero attached hydrogens (tertiary/aromatic N) is 2. The minimum atomic E-state index is -0.0289. The molecule has 1 aromatic heterocycles. The highest BCUT2D eigenvalue weighted by Crippen LogP contribution is 2.18. The number of carbonyl (C=O) groups is 1. The van der Waals surface area contributed by atoms with Gasteiger partial charge in [-0.1, -0.05) is 26.2 Å². The second-order valence-corrected chi connectivity index (χ2v) is 6.10. The summed E-state index contributed by atoms with van der Waals surface area (Å²) in [6.07, 6.45) is 11.6. The highest BCUT2D eigenvalue weighted by Gasteiger charge is 2.24. The Morgan fingerprint density at radius 2 is 2.24 bits per heavy atom. The van der Waals surface area contributed by atoms with Gasteiger partial charge in [0.2, 0.25) is 5.91 Å². The van der Waals surface area contributed by atoms with Gasteiger partial charge in [-0.25, -0.2) is 0 Å². The Morgan fingerprint density at radius 1 is 1.48 bits per heavy atom. The number of hydrogen-bond donors (Lipinski definition) is 2. The van der Waals surface area contributed by atoms with Gasteiger partial charge in [-0.15, -0.1) is 0 Å². The van der Waals surface area contributed by atoms with Crippen molar-refractivity contribution in [3.8, 4) is 0 Å². The molecule has 5 heteroatoms. The molecular formula is C16H28N4O. The van der Waals surface area contributed by atoms with Crippen LogP contribution in [0.5, 0.6) is 0 Å². The number of aromatic nitrogens is 2. The van der Waals surface area contributed by atoms with Crippen LogP contribution in [0, 0.1) is 0 Å². The SMILES string of the molecule is CC[C@H](C(=O)NC1CCCCC1)N(C)CCc1cn[nH]c1. The molecule has 0 bridgehead atoms. The summed E-state index contributed by atoms with van der Waals surface area (Å²) < 4.78 is 0. The summed E-state index contributed by atoms with van der Waals surface area (Å²) in [4.78, 5) is 14.6. The predicted molar refractivity (Wildman–Crippen MR) is 84.0 cm³/mol. The van der Waals surface area contributed by atoms with Gasteiger partial charge in [-0.05, 0) is 38.3 Å². The monoisotopic (exact) mass is 292 g/mol. The van der Waals surface area contributed by atoms with Gasteiger partial charge in [0.15, 0.2) is 0 Å². The molecule has 2 N–H and O–H groups in total. The van der Waals surface area contributed by atoms with Crippen LogP contribution < -0.4 is 5.32 Å². The molecule has 1 atom stereocenters. The van der Waals surface area contributed by atoms with Crippen LogP contribution in [0.15, 0.2) is 12.4 Å². The van der Waals surface area contributed by atoms with E-state index in [-0.39, 0.29) is 11.9 Å². The molecule has 5 nitrogen and oxygen atoms in total. The summed E-state index contributed by atoms with van der Waals surface area (Å²) in [6, 6.07) is 0.362. The predicted octanol–water partition coefficient (Wildman–Crippen LogP) is 2.11. The summed E-state index contributed by atoms with van der Waals surface area (Å²) >= 11 is 0. The summed E-state index contributed by atoms with van der Waals surface area (Å²) in [5.74, 6) is 0.194. The fraction of sp³-hybridized carbons (Fsp3) is 0.750. The van der Waals surface area contributed by atoms with Crippen LogP contribution in [-0.2, 0) is 11.2 Å². The number of H-pyrrole nitrogens is 1. The van der Waals surface area contributed by atoms with Gasteiger partial charge in [0, 0.05) is 18.8 Å². The van der Waals surface area contributed by atoms with Crippen LogP contribution in [0.25, 0.3) is 0 Å². The van der Waals surface area contributed by atoms with Gasteiger partial charge in [0.05, 0.1) is 12.2 Å². The highest BCUT2D eigenvalue weighted by molar-refractivity contribution is 5.81. The number of nitrogens with one attached hydrogen (secondary N) is 2. The fourth-order valence-corrected chi connectivity index (χ4v) is 3.12. The number of carbonyl (C=O) groups excluding carboxylic acids is 1. The van der Waals surface area contributed by atoms with Crippen molar-refractivity contribution in [2.24, 2.45) is 0 Å². The maximum absolute atomic E-state index is 12.5. The minimum Gasteiger partial charge on any atom is -0.352 e. The first-order valence-corrected chi connectivity index (χ1v) is 8.19. The lowest BCUT2D eigenvalue weighted by atomic mass is 9.95. The van der Waals surface area contributed by atoms with Crippen molar-refractivity contribution in [3.63, 3.8) is 0 Å². The average Bonchev–Trinajstić information content (AvgIpc) is 3.00. The smallest absolute Gasteiger partial charge is 0.237 e. The van der Waals surface area contributed by atoms with Crippen LogP contribution in [0.2, 0.25) is 0 Å². The molecule has 0 aliphatic heterocycles. The van der Waals surface area contributed by atoms with Gasteiger partial charge >= 0.3 is 0 Å². The van der Waals surface area contributed by atoms with Crippen molar-refractivity contribution < 1.29 is 4.79 Å². The Hall–Kier alpha value is -1.36. The molecule has 0 spiro atoms. The first-order chi connectivity index (χ1) is 10.2. The van der Waals surface area contributed by atoms with E-state index in [4.69, 9.17) is 0 Å². The molecule has 0 saturated heterocycles. The number of likely N-dealkylation sites (N-methyl/N-ethyl adjacent to an activating group) is 1. The van der Waals surface area contributed by atoms with Gasteiger partial charge in [0.25, 0.3) is 0 Å². The van der Waals surface area contributed by atoms with Crippen LogP contribution >= 0.6 is 0 Å². The van der Waals surface area contributed by atoms with Gasteiger partial charge in [-0.3, -0.25) is 14.8 Å². The quantitative estimate of drug-likeness (QED) is 0.809. The van der Waals surface area contributed by atoms with E-state index in [1.807, 2.05) is 19.4 Å². The van der Waals surface area contributed by atoms with Crippen molar-refractivity contribution in [1.82, 2.24) is 20.4 Å². The van der Waals surface area contributed by atoms with Crippen molar-refractivity contribution in [2.75, 3.05) is 13.6 Å². The van der Waals surface area contributed by atoms with E-state index >= 15 is 0 Å². The maximum atomic E-state index is 12.5. The van der Waals surface area contributed by atoms with E-state index < -0.39 is 0 Å². The highest BCUT2D eigenvalue weighted by atomic mass is 16.2. The molecule has 0 radical (unpaired) electrons. The second kappa shape index (κ2) is 8.17. The third kappa shape index (κ3) is 4.84. The topological polar surface area (TPSA) is 61.0 Å². The molecule has 1 aliphatic rings. The van der Waals surface area contributed by atoms with E-state index in [2.05, 4.69) is 27.3 Å². The Kier molecular flexibility index (Phi) is 6.23. The molecule has 1 aliphatic carbocycles. The Morgan fingerprint density at radius 3 is 2.86 bits per heavy atom. The van der Waals surface area contributed by atoms with E-state index in [1.54, 1.807) is 0 Å². The van der Waals surface area contributed by atoms with E-state index in [0.717, 1.165) is 32.2 Å². The second-order valence-electron chi connectivity index (χ2n) is 6.10. The lowest BCUT2D eigenvalue weighted by molar-refractivity contribution is -0.127. The molecular weight excluding hydrogens is 264 g/mol. The van der Waals surface area contributed by atoms with Crippen molar-refractivity contribution in [1.29, 1.82) is 0 Å². The van der Waals surface area contributed by atoms with Gasteiger partial charge in [-0.2, -0.15) is 5.10 Å². The van der Waals surface area contributed by atoms with E-state index in [1.165, 1.54) is 24.8 Å². The zero-order chi connectivity index (χ0) is 15.1. The maximum Gasteiger partial charge on any atom is 0.237 e. The van der Waals surface area contributed by atoms with Crippen molar-refractivity contribution in [2.45, 2.75) is 64.0 Å². The molecule has 21 heavy (non-hydrogen) atoms. The lowest BCUT2D eigenvalue weighted by Crippen LogP contribution is -2.49. The fourth-order valence-electron chi connectivity index (χ4n) is 3.12. The molecule has 0 unspecified atom stereocenters. The van der Waals surface area contributed by atoms with Gasteiger partial charge in [0.1, 0.15) is 0 Å². The first kappa shape index (κ1) is 16.0. The van der Waals surface area contributed by atoms with Crippen molar-refractivity contribution in [3.05, 3.63) is 18.0 Å². The van der Waals surface area contributed by atoms with Crippen molar-refractivity contribution >= 4 is 5.91 Å². The third-order valence-electron chi connectivity index (χ3n) is 4.48. The van der Waals surface area contributed by atoms with E-state index in [9.17, 15) is 4.79 Å². The molecule has 1 heterocycles. The number of hydrogen-bond acceptors (Lipinski definition) is 3. The van der Waals surface area contributed by atoms with E-state index in [0.29, 0.717) is 6.04 Å². The summed E-state index contributed by atoms with van der Waals surface area (Å²) in [5.41, 5.74) is 1.18. The molecule has 0 aromatic carbocycles.